The Hall–Kier alpha value is -0.420. The van der Waals surface area contributed by atoms with Gasteiger partial charge in [0.15, 0.2) is 0 Å². The molecule has 0 spiro atoms. The number of anilines is 1. The molecular formula is C12H7Cl5N2O. The molecule has 0 saturated heterocycles. The average molecular weight is 372 g/mol. The second-order valence-electron chi connectivity index (χ2n) is 3.87. The van der Waals surface area contributed by atoms with Crippen LogP contribution in [-0.2, 0) is 6.61 Å². The fourth-order valence-electron chi connectivity index (χ4n) is 1.71. The maximum Gasteiger partial charge on any atom is 0.123 e. The highest BCUT2D eigenvalue weighted by molar-refractivity contribution is 6.56. The molecule has 0 aliphatic carbocycles. The standard InChI is InChI=1S/C12H7Cl5N2O/c13-8-7(9(14)11(16)12(17)10(8)15)5-2-19-6(18)1-4(5)3-20/h1-2,20H,3H2,(H2,18,19). The summed E-state index contributed by atoms with van der Waals surface area (Å²) in [5.74, 6) is 0.260. The Morgan fingerprint density at radius 2 is 1.45 bits per heavy atom. The third-order valence-corrected chi connectivity index (χ3v) is 4.94. The molecule has 1 aromatic heterocycles. The van der Waals surface area contributed by atoms with Gasteiger partial charge in [0.2, 0.25) is 0 Å². The van der Waals surface area contributed by atoms with Crippen molar-refractivity contribution in [2.75, 3.05) is 5.73 Å². The van der Waals surface area contributed by atoms with Gasteiger partial charge in [-0.2, -0.15) is 0 Å². The lowest BCUT2D eigenvalue weighted by atomic mass is 10.0. The van der Waals surface area contributed by atoms with Crippen molar-refractivity contribution in [2.24, 2.45) is 0 Å². The maximum atomic E-state index is 9.42. The number of pyridine rings is 1. The number of nitrogens with zero attached hydrogens (tertiary/aromatic N) is 1. The molecule has 0 atom stereocenters. The van der Waals surface area contributed by atoms with Gasteiger partial charge in [-0.1, -0.05) is 58.0 Å². The first-order valence-corrected chi connectivity index (χ1v) is 7.14. The molecule has 20 heavy (non-hydrogen) atoms. The first kappa shape index (κ1) is 16.0. The number of aliphatic hydroxyl groups excluding tert-OH is 1. The Labute approximate surface area is 140 Å². The largest absolute Gasteiger partial charge is 0.392 e. The number of nitrogen functional groups attached to an aromatic ring is 1. The van der Waals surface area contributed by atoms with E-state index in [2.05, 4.69) is 4.98 Å². The van der Waals surface area contributed by atoms with Crippen molar-refractivity contribution in [3.05, 3.63) is 42.9 Å². The van der Waals surface area contributed by atoms with Crippen LogP contribution in [0.5, 0.6) is 0 Å². The maximum absolute atomic E-state index is 9.42. The molecule has 0 aliphatic rings. The van der Waals surface area contributed by atoms with E-state index in [9.17, 15) is 5.11 Å². The smallest absolute Gasteiger partial charge is 0.123 e. The van der Waals surface area contributed by atoms with Crippen LogP contribution in [0, 0.1) is 0 Å². The van der Waals surface area contributed by atoms with E-state index in [0.717, 1.165) is 0 Å². The van der Waals surface area contributed by atoms with Crippen molar-refractivity contribution in [1.29, 1.82) is 0 Å². The quantitative estimate of drug-likeness (QED) is 0.570. The molecule has 106 valence electrons. The Kier molecular flexibility index (Phi) is 4.90. The van der Waals surface area contributed by atoms with E-state index in [1.165, 1.54) is 12.3 Å². The van der Waals surface area contributed by atoms with Gasteiger partial charge in [0.05, 0.1) is 31.7 Å². The van der Waals surface area contributed by atoms with E-state index in [4.69, 9.17) is 63.7 Å². The van der Waals surface area contributed by atoms with Gasteiger partial charge in [-0.25, -0.2) is 4.98 Å². The van der Waals surface area contributed by atoms with Crippen molar-refractivity contribution < 1.29 is 5.11 Å². The number of hydrogen-bond donors (Lipinski definition) is 2. The third-order valence-electron chi connectivity index (χ3n) is 2.66. The lowest BCUT2D eigenvalue weighted by Crippen LogP contribution is -1.98. The summed E-state index contributed by atoms with van der Waals surface area (Å²) < 4.78 is 0. The highest BCUT2D eigenvalue weighted by Crippen LogP contribution is 2.48. The Bertz CT molecular complexity index is 661. The minimum absolute atomic E-state index is 0.0704. The molecule has 1 aromatic carbocycles. The minimum atomic E-state index is -0.271. The molecule has 2 rings (SSSR count). The zero-order valence-electron chi connectivity index (χ0n) is 9.72. The highest BCUT2D eigenvalue weighted by Gasteiger charge is 2.22. The van der Waals surface area contributed by atoms with Gasteiger partial charge in [0, 0.05) is 17.3 Å². The van der Waals surface area contributed by atoms with Crippen LogP contribution in [0.4, 0.5) is 5.82 Å². The summed E-state index contributed by atoms with van der Waals surface area (Å²) in [4.78, 5) is 3.96. The third kappa shape index (κ3) is 2.67. The van der Waals surface area contributed by atoms with E-state index >= 15 is 0 Å². The van der Waals surface area contributed by atoms with Crippen LogP contribution in [-0.4, -0.2) is 10.1 Å². The van der Waals surface area contributed by atoms with E-state index in [-0.39, 0.29) is 37.5 Å². The highest BCUT2D eigenvalue weighted by atomic mass is 35.5. The predicted molar refractivity (Wildman–Crippen MR) is 85.1 cm³/mol. The first-order valence-electron chi connectivity index (χ1n) is 5.25. The van der Waals surface area contributed by atoms with Crippen molar-refractivity contribution in [3.63, 3.8) is 0 Å². The van der Waals surface area contributed by atoms with Crippen LogP contribution in [0.25, 0.3) is 11.1 Å². The number of rotatable bonds is 2. The zero-order chi connectivity index (χ0) is 15.0. The molecule has 0 radical (unpaired) electrons. The normalized spacial score (nSPS) is 10.9. The molecule has 3 nitrogen and oxygen atoms in total. The van der Waals surface area contributed by atoms with Gasteiger partial charge < -0.3 is 10.8 Å². The van der Waals surface area contributed by atoms with Crippen molar-refractivity contribution >= 4 is 63.8 Å². The van der Waals surface area contributed by atoms with E-state index < -0.39 is 0 Å². The SMILES string of the molecule is Nc1cc(CO)c(-c2c(Cl)c(Cl)c(Cl)c(Cl)c2Cl)cn1. The topological polar surface area (TPSA) is 59.1 Å². The second-order valence-corrected chi connectivity index (χ2v) is 5.76. The summed E-state index contributed by atoms with van der Waals surface area (Å²) in [6.45, 7) is -0.271. The van der Waals surface area contributed by atoms with Gasteiger partial charge in [-0.15, -0.1) is 0 Å². The number of aliphatic hydroxyl groups is 1. The van der Waals surface area contributed by atoms with Crippen LogP contribution in [0.15, 0.2) is 12.3 Å². The molecule has 8 heteroatoms. The molecule has 0 aliphatic heterocycles. The van der Waals surface area contributed by atoms with Gasteiger partial charge in [-0.05, 0) is 11.6 Å². The number of nitrogens with two attached hydrogens (primary N) is 1. The summed E-state index contributed by atoms with van der Waals surface area (Å²) in [7, 11) is 0. The molecule has 0 amide bonds. The average Bonchev–Trinajstić information content (AvgIpc) is 2.44. The van der Waals surface area contributed by atoms with E-state index in [0.29, 0.717) is 16.7 Å². The number of benzene rings is 1. The van der Waals surface area contributed by atoms with E-state index in [1.807, 2.05) is 0 Å². The van der Waals surface area contributed by atoms with Gasteiger partial charge in [-0.3, -0.25) is 0 Å². The predicted octanol–water partition coefficient (Wildman–Crippen LogP) is 5.09. The van der Waals surface area contributed by atoms with Crippen LogP contribution in [0.1, 0.15) is 5.56 Å². The minimum Gasteiger partial charge on any atom is -0.392 e. The molecule has 0 bridgehead atoms. The van der Waals surface area contributed by atoms with Crippen molar-refractivity contribution in [3.8, 4) is 11.1 Å². The summed E-state index contributed by atoms with van der Waals surface area (Å²) >= 11 is 30.3. The number of halogens is 5. The van der Waals surface area contributed by atoms with Crippen LogP contribution in [0.2, 0.25) is 25.1 Å². The second kappa shape index (κ2) is 6.14. The first-order chi connectivity index (χ1) is 9.38. The lowest BCUT2D eigenvalue weighted by molar-refractivity contribution is 0.282. The molecule has 0 unspecified atom stereocenters. The Balaban J connectivity index is 2.83. The number of aromatic nitrogens is 1. The van der Waals surface area contributed by atoms with Gasteiger partial charge >= 0.3 is 0 Å². The molecule has 2 aromatic rings. The van der Waals surface area contributed by atoms with Crippen molar-refractivity contribution in [2.45, 2.75) is 6.61 Å². The van der Waals surface area contributed by atoms with Gasteiger partial charge in [0.25, 0.3) is 0 Å². The number of hydrogen-bond acceptors (Lipinski definition) is 3. The summed E-state index contributed by atoms with van der Waals surface area (Å²) in [5.41, 5.74) is 6.91. The molecule has 1 heterocycles. The van der Waals surface area contributed by atoms with Gasteiger partial charge in [0.1, 0.15) is 5.82 Å². The van der Waals surface area contributed by atoms with Crippen LogP contribution < -0.4 is 5.73 Å². The van der Waals surface area contributed by atoms with E-state index in [1.54, 1.807) is 0 Å². The molecule has 3 N–H and O–H groups in total. The fourth-order valence-corrected chi connectivity index (χ4v) is 3.05. The summed E-state index contributed by atoms with van der Waals surface area (Å²) in [5, 5.41) is 9.92. The summed E-state index contributed by atoms with van der Waals surface area (Å²) in [6, 6.07) is 1.51. The zero-order valence-corrected chi connectivity index (χ0v) is 13.5. The van der Waals surface area contributed by atoms with Crippen molar-refractivity contribution in [1.82, 2.24) is 4.98 Å². The van der Waals surface area contributed by atoms with Crippen LogP contribution >= 0.6 is 58.0 Å². The Morgan fingerprint density at radius 3 is 1.95 bits per heavy atom. The summed E-state index contributed by atoms with van der Waals surface area (Å²) in [6.07, 6.45) is 1.44. The fraction of sp³-hybridized carbons (Fsp3) is 0.0833. The monoisotopic (exact) mass is 370 g/mol. The molecule has 0 fully saturated rings. The lowest BCUT2D eigenvalue weighted by Gasteiger charge is -2.15. The Morgan fingerprint density at radius 1 is 0.950 bits per heavy atom. The molecule has 0 saturated carbocycles. The molecular weight excluding hydrogens is 365 g/mol. The van der Waals surface area contributed by atoms with Crippen LogP contribution in [0.3, 0.4) is 0 Å².